The first kappa shape index (κ1) is 16.5. The van der Waals surface area contributed by atoms with Gasteiger partial charge in [0.1, 0.15) is 11.6 Å². The Morgan fingerprint density at radius 1 is 1.04 bits per heavy atom. The van der Waals surface area contributed by atoms with Gasteiger partial charge in [-0.15, -0.1) is 6.58 Å². The number of aromatic nitrogens is 2. The Balaban J connectivity index is 1.98. The maximum Gasteiger partial charge on any atom is 0.229 e. The van der Waals surface area contributed by atoms with Crippen LogP contribution in [0.25, 0.3) is 11.3 Å². The Bertz CT molecular complexity index is 849. The van der Waals surface area contributed by atoms with Gasteiger partial charge in [-0.05, 0) is 12.1 Å². The van der Waals surface area contributed by atoms with E-state index in [0.717, 1.165) is 28.5 Å². The topological polar surface area (TPSA) is 59.1 Å². The van der Waals surface area contributed by atoms with Crippen molar-refractivity contribution in [1.29, 1.82) is 0 Å². The highest BCUT2D eigenvalue weighted by Gasteiger charge is 2.09. The summed E-state index contributed by atoms with van der Waals surface area (Å²) in [6.45, 7) is 4.36. The molecule has 25 heavy (non-hydrogen) atoms. The van der Waals surface area contributed by atoms with Crippen molar-refractivity contribution in [3.63, 3.8) is 0 Å². The molecule has 2 N–H and O–H groups in total. The highest BCUT2D eigenvalue weighted by atomic mass is 16.5. The number of hydrogen-bond donors (Lipinski definition) is 2. The van der Waals surface area contributed by atoms with Gasteiger partial charge in [-0.25, -0.2) is 4.98 Å². The molecule has 1 heterocycles. The first-order valence-corrected chi connectivity index (χ1v) is 7.99. The van der Waals surface area contributed by atoms with Crippen LogP contribution in [0.3, 0.4) is 0 Å². The number of ether oxygens (including phenoxy) is 1. The normalized spacial score (nSPS) is 10.1. The number of hydrogen-bond acceptors (Lipinski definition) is 5. The first-order chi connectivity index (χ1) is 12.3. The van der Waals surface area contributed by atoms with Crippen LogP contribution in [0, 0.1) is 0 Å². The van der Waals surface area contributed by atoms with E-state index in [1.807, 2.05) is 60.7 Å². The molecule has 0 unspecified atom stereocenters. The van der Waals surface area contributed by atoms with E-state index in [2.05, 4.69) is 27.2 Å². The van der Waals surface area contributed by atoms with Crippen molar-refractivity contribution >= 4 is 17.5 Å². The molecule has 1 aromatic heterocycles. The van der Waals surface area contributed by atoms with Gasteiger partial charge in [0.2, 0.25) is 5.95 Å². The van der Waals surface area contributed by atoms with Crippen molar-refractivity contribution in [3.8, 4) is 17.0 Å². The first-order valence-electron chi connectivity index (χ1n) is 7.99. The highest BCUT2D eigenvalue weighted by Crippen LogP contribution is 2.27. The third-order valence-electron chi connectivity index (χ3n) is 3.58. The molecule has 0 aliphatic rings. The second kappa shape index (κ2) is 7.97. The monoisotopic (exact) mass is 332 g/mol. The van der Waals surface area contributed by atoms with Crippen molar-refractivity contribution in [1.82, 2.24) is 9.97 Å². The molecule has 2 aromatic carbocycles. The van der Waals surface area contributed by atoms with Gasteiger partial charge in [0.15, 0.2) is 0 Å². The van der Waals surface area contributed by atoms with Gasteiger partial charge in [-0.2, -0.15) is 4.98 Å². The van der Waals surface area contributed by atoms with Gasteiger partial charge in [-0.3, -0.25) is 0 Å². The van der Waals surface area contributed by atoms with Gasteiger partial charge in [-0.1, -0.05) is 48.5 Å². The molecule has 3 aromatic rings. The molecule has 0 spiro atoms. The van der Waals surface area contributed by atoms with E-state index < -0.39 is 0 Å². The van der Waals surface area contributed by atoms with E-state index in [1.54, 1.807) is 13.2 Å². The predicted octanol–water partition coefficient (Wildman–Crippen LogP) is 4.49. The molecule has 0 aliphatic carbocycles. The smallest absolute Gasteiger partial charge is 0.229 e. The van der Waals surface area contributed by atoms with E-state index in [0.29, 0.717) is 12.5 Å². The van der Waals surface area contributed by atoms with Crippen molar-refractivity contribution in [3.05, 3.63) is 73.3 Å². The van der Waals surface area contributed by atoms with E-state index in [1.165, 1.54) is 0 Å². The molecule has 5 heteroatoms. The average molecular weight is 332 g/mol. The van der Waals surface area contributed by atoms with Crippen LogP contribution in [-0.4, -0.2) is 23.6 Å². The van der Waals surface area contributed by atoms with E-state index in [4.69, 9.17) is 4.74 Å². The van der Waals surface area contributed by atoms with E-state index >= 15 is 0 Å². The van der Waals surface area contributed by atoms with Crippen LogP contribution in [0.4, 0.5) is 17.5 Å². The SMILES string of the molecule is C=CCNc1cc(-c2ccccc2)nc(Nc2ccccc2OC)n1. The van der Waals surface area contributed by atoms with Crippen molar-refractivity contribution in [2.75, 3.05) is 24.3 Å². The minimum atomic E-state index is 0.498. The Hall–Kier alpha value is -3.34. The molecule has 0 fully saturated rings. The lowest BCUT2D eigenvalue weighted by Gasteiger charge is -2.12. The molecule has 0 aliphatic heterocycles. The number of benzene rings is 2. The maximum atomic E-state index is 5.38. The summed E-state index contributed by atoms with van der Waals surface area (Å²) in [5.74, 6) is 1.96. The van der Waals surface area contributed by atoms with E-state index in [-0.39, 0.29) is 0 Å². The van der Waals surface area contributed by atoms with Crippen LogP contribution in [0.5, 0.6) is 5.75 Å². The summed E-state index contributed by atoms with van der Waals surface area (Å²) in [7, 11) is 1.64. The second-order valence-electron chi connectivity index (χ2n) is 5.32. The summed E-state index contributed by atoms with van der Waals surface area (Å²) in [6, 6.07) is 19.6. The third kappa shape index (κ3) is 4.14. The van der Waals surface area contributed by atoms with Crippen LogP contribution >= 0.6 is 0 Å². The summed E-state index contributed by atoms with van der Waals surface area (Å²) >= 11 is 0. The maximum absolute atomic E-state index is 5.38. The zero-order valence-corrected chi connectivity index (χ0v) is 14.1. The van der Waals surface area contributed by atoms with Gasteiger partial charge in [0, 0.05) is 18.2 Å². The molecule has 0 radical (unpaired) electrons. The van der Waals surface area contributed by atoms with Gasteiger partial charge in [0.05, 0.1) is 18.5 Å². The molecule has 0 saturated heterocycles. The zero-order valence-electron chi connectivity index (χ0n) is 14.1. The lowest BCUT2D eigenvalue weighted by atomic mass is 10.1. The highest BCUT2D eigenvalue weighted by molar-refractivity contribution is 5.68. The van der Waals surface area contributed by atoms with Gasteiger partial charge >= 0.3 is 0 Å². The fourth-order valence-corrected chi connectivity index (χ4v) is 2.40. The number of anilines is 3. The second-order valence-corrected chi connectivity index (χ2v) is 5.32. The Kier molecular flexibility index (Phi) is 5.26. The summed E-state index contributed by atoms with van der Waals surface area (Å²) in [5, 5.41) is 6.46. The third-order valence-corrected chi connectivity index (χ3v) is 3.58. The number of nitrogens with one attached hydrogen (secondary N) is 2. The summed E-state index contributed by atoms with van der Waals surface area (Å²) in [4.78, 5) is 9.17. The predicted molar refractivity (Wildman–Crippen MR) is 102 cm³/mol. The quantitative estimate of drug-likeness (QED) is 0.624. The summed E-state index contributed by atoms with van der Waals surface area (Å²) in [5.41, 5.74) is 2.67. The molecular weight excluding hydrogens is 312 g/mol. The van der Waals surface area contributed by atoms with Crippen molar-refractivity contribution in [2.24, 2.45) is 0 Å². The van der Waals surface area contributed by atoms with E-state index in [9.17, 15) is 0 Å². The fourth-order valence-electron chi connectivity index (χ4n) is 2.40. The summed E-state index contributed by atoms with van der Waals surface area (Å²) in [6.07, 6.45) is 1.79. The lowest BCUT2D eigenvalue weighted by molar-refractivity contribution is 0.417. The van der Waals surface area contributed by atoms with Crippen LogP contribution in [0.15, 0.2) is 73.3 Å². The van der Waals surface area contributed by atoms with Crippen molar-refractivity contribution < 1.29 is 4.74 Å². The lowest BCUT2D eigenvalue weighted by Crippen LogP contribution is -2.05. The van der Waals surface area contributed by atoms with Gasteiger partial charge in [0.25, 0.3) is 0 Å². The van der Waals surface area contributed by atoms with Crippen molar-refractivity contribution in [2.45, 2.75) is 0 Å². The Morgan fingerprint density at radius 2 is 1.80 bits per heavy atom. The fraction of sp³-hybridized carbons (Fsp3) is 0.100. The van der Waals surface area contributed by atoms with Gasteiger partial charge < -0.3 is 15.4 Å². The number of rotatable bonds is 7. The minimum absolute atomic E-state index is 0.498. The largest absolute Gasteiger partial charge is 0.495 e. The molecule has 0 saturated carbocycles. The molecule has 3 rings (SSSR count). The number of nitrogens with zero attached hydrogens (tertiary/aromatic N) is 2. The van der Waals surface area contributed by atoms with Crippen LogP contribution in [0.2, 0.25) is 0 Å². The molecule has 0 amide bonds. The zero-order chi connectivity index (χ0) is 17.5. The molecule has 126 valence electrons. The molecule has 0 bridgehead atoms. The van der Waals surface area contributed by atoms with Crippen LogP contribution in [-0.2, 0) is 0 Å². The molecular formula is C20H20N4O. The van der Waals surface area contributed by atoms with Crippen LogP contribution in [0.1, 0.15) is 0 Å². The average Bonchev–Trinajstić information content (AvgIpc) is 2.67. The summed E-state index contributed by atoms with van der Waals surface area (Å²) < 4.78 is 5.38. The Labute approximate surface area is 147 Å². The van der Waals surface area contributed by atoms with Crippen LogP contribution < -0.4 is 15.4 Å². The molecule has 5 nitrogen and oxygen atoms in total. The standard InChI is InChI=1S/C20H20N4O/c1-3-13-21-19-14-17(15-9-5-4-6-10-15)23-20(24-19)22-16-11-7-8-12-18(16)25-2/h3-12,14H,1,13H2,2H3,(H2,21,22,23,24). The minimum Gasteiger partial charge on any atom is -0.495 e. The molecule has 0 atom stereocenters. The number of para-hydroxylation sites is 2. The number of methoxy groups -OCH3 is 1. The Morgan fingerprint density at radius 3 is 2.56 bits per heavy atom.